The average Bonchev–Trinajstić information content (AvgIpc) is 0. The summed E-state index contributed by atoms with van der Waals surface area (Å²) >= 11 is 0. The second-order valence-corrected chi connectivity index (χ2v) is 0. The van der Waals surface area contributed by atoms with Crippen molar-refractivity contribution in [2.75, 3.05) is 0 Å². The third-order valence-electron chi connectivity index (χ3n) is 0. The van der Waals surface area contributed by atoms with Crippen molar-refractivity contribution in [3.63, 3.8) is 0 Å². The van der Waals surface area contributed by atoms with Gasteiger partial charge in [0.1, 0.15) is 0 Å². The summed E-state index contributed by atoms with van der Waals surface area (Å²) in [6.07, 6.45) is 0. The normalized spacial score (nSPS) is 0. The summed E-state index contributed by atoms with van der Waals surface area (Å²) < 4.78 is 0. The zero-order chi connectivity index (χ0) is 0. The largest absolute Gasteiger partial charge is 3.00 e. The summed E-state index contributed by atoms with van der Waals surface area (Å²) in [6, 6.07) is 0. The van der Waals surface area contributed by atoms with Crippen molar-refractivity contribution in [1.29, 1.82) is 0 Å². The minimum atomic E-state index is 0. The van der Waals surface area contributed by atoms with Gasteiger partial charge in [0.15, 0.2) is 0 Å². The zero-order valence-corrected chi connectivity index (χ0v) is 10.8. The number of halogens is 5. The van der Waals surface area contributed by atoms with Crippen LogP contribution in [0.3, 0.4) is 0 Å². The number of rotatable bonds is 0. The summed E-state index contributed by atoms with van der Waals surface area (Å²) in [5.74, 6) is 0. The fraction of sp³-hybridized carbons (Fsp3) is 0. The molecule has 0 fully saturated rings. The van der Waals surface area contributed by atoms with E-state index in [1.807, 2.05) is 0 Å². The van der Waals surface area contributed by atoms with Crippen LogP contribution in [-0.2, 0) is 36.5 Å². The van der Waals surface area contributed by atoms with Crippen molar-refractivity contribution in [3.05, 3.63) is 0 Å². The molecule has 0 aromatic rings. The number of hydrogen-bond acceptors (Lipinski definition) is 0. The van der Waals surface area contributed by atoms with Gasteiger partial charge in [-0.2, -0.15) is 0 Å². The second kappa shape index (κ2) is 73.7. The monoisotopic (exact) mass is 295 g/mol. The van der Waals surface area contributed by atoms with Crippen molar-refractivity contribution in [2.45, 2.75) is 0 Å². The molecule has 0 rings (SSSR count). The molecule has 0 atom stereocenters. The molecule has 0 aliphatic carbocycles. The van der Waals surface area contributed by atoms with E-state index in [9.17, 15) is 0 Å². The molecule has 0 nitrogen and oxygen atoms in total. The van der Waals surface area contributed by atoms with E-state index in [1.165, 1.54) is 0 Å². The Bertz CT molecular complexity index is 8.04. The molecule has 0 saturated heterocycles. The first kappa shape index (κ1) is 105. The third kappa shape index (κ3) is 55.6. The van der Waals surface area contributed by atoms with Crippen LogP contribution in [0.15, 0.2) is 0 Å². The van der Waals surface area contributed by atoms with E-state index >= 15 is 0 Å². The van der Waals surface area contributed by atoms with Crippen molar-refractivity contribution < 1.29 is 98.6 Å². The van der Waals surface area contributed by atoms with Gasteiger partial charge in [0.05, 0.1) is 0 Å². The predicted octanol–water partition coefficient (Wildman–Crippen LogP) is -15.0. The second-order valence-electron chi connectivity index (χ2n) is 0. The van der Waals surface area contributed by atoms with Gasteiger partial charge in [-0.15, -0.1) is 0 Å². The van der Waals surface area contributed by atoms with Crippen LogP contribution < -0.4 is 62.0 Å². The Hall–Kier alpha value is 2.59. The Balaban J connectivity index is 0. The van der Waals surface area contributed by atoms with Gasteiger partial charge >= 0.3 is 36.5 Å². The van der Waals surface area contributed by atoms with E-state index in [4.69, 9.17) is 0 Å². The predicted molar refractivity (Wildman–Crippen MR) is 0 cm³/mol. The van der Waals surface area contributed by atoms with Crippen LogP contribution in [0.5, 0.6) is 0 Å². The van der Waals surface area contributed by atoms with Crippen LogP contribution >= 0.6 is 0 Å². The minimum Gasteiger partial charge on any atom is -1.00 e. The molecule has 0 spiro atoms. The maximum atomic E-state index is 0. The van der Waals surface area contributed by atoms with Gasteiger partial charge in [-0.3, -0.25) is 0 Å². The van der Waals surface area contributed by atoms with Gasteiger partial charge in [-0.05, 0) is 0 Å². The quantitative estimate of drug-likeness (QED) is 0.390. The Morgan fingerprint density at radius 1 is 0.429 bits per heavy atom. The summed E-state index contributed by atoms with van der Waals surface area (Å²) in [6.45, 7) is 0. The fourth-order valence-corrected chi connectivity index (χ4v) is 0. The molecule has 0 N–H and O–H groups in total. The van der Waals surface area contributed by atoms with Gasteiger partial charge in [0.25, 0.3) is 0 Å². The van der Waals surface area contributed by atoms with Crippen molar-refractivity contribution in [3.8, 4) is 0 Å². The zero-order valence-electron chi connectivity index (χ0n) is 2.95. The van der Waals surface area contributed by atoms with E-state index in [2.05, 4.69) is 0 Å². The molecule has 7 heavy (non-hydrogen) atoms. The third-order valence-corrected chi connectivity index (χ3v) is 0. The maximum Gasteiger partial charge on any atom is 3.00 e. The van der Waals surface area contributed by atoms with Crippen LogP contribution in [0.25, 0.3) is 0 Å². The van der Waals surface area contributed by atoms with E-state index in [-0.39, 0.29) is 98.6 Å². The van der Waals surface area contributed by atoms with Crippen LogP contribution in [0, 0.1) is 0 Å². The summed E-state index contributed by atoms with van der Waals surface area (Å²) in [7, 11) is 0. The topological polar surface area (TPSA) is 0 Å². The molecule has 1 radical (unpaired) electrons. The molecular formula is Cl5FeZn. The standard InChI is InChI=1S/5ClH.Fe.Zn/h5*1H;;/q;;;;;+3;+2/p-5. The van der Waals surface area contributed by atoms with Gasteiger partial charge in [0, 0.05) is 0 Å². The molecule has 45 valence electrons. The molecule has 0 aromatic carbocycles. The molecule has 7 heteroatoms. The Morgan fingerprint density at radius 3 is 0.429 bits per heavy atom. The molecule has 0 saturated carbocycles. The summed E-state index contributed by atoms with van der Waals surface area (Å²) in [5, 5.41) is 0. The number of hydrogen-bond donors (Lipinski definition) is 0. The van der Waals surface area contributed by atoms with Crippen LogP contribution in [0.4, 0.5) is 0 Å². The Labute approximate surface area is 97.6 Å². The molecule has 0 bridgehead atoms. The SMILES string of the molecule is [Cl-].[Cl-].[Cl-].[Cl-].[Cl-].[Fe+3].[Zn+2]. The molecule has 0 unspecified atom stereocenters. The van der Waals surface area contributed by atoms with Crippen molar-refractivity contribution in [1.82, 2.24) is 0 Å². The molecule has 0 aliphatic rings. The van der Waals surface area contributed by atoms with Crippen LogP contribution in [0.1, 0.15) is 0 Å². The van der Waals surface area contributed by atoms with Gasteiger partial charge < -0.3 is 62.0 Å². The summed E-state index contributed by atoms with van der Waals surface area (Å²) in [5.41, 5.74) is 0. The van der Waals surface area contributed by atoms with E-state index < -0.39 is 0 Å². The molecule has 0 heterocycles. The molecule has 0 aliphatic heterocycles. The van der Waals surface area contributed by atoms with Crippen LogP contribution in [-0.4, -0.2) is 0 Å². The molecule has 0 aromatic heterocycles. The smallest absolute Gasteiger partial charge is 1.00 e. The Morgan fingerprint density at radius 2 is 0.429 bits per heavy atom. The van der Waals surface area contributed by atoms with Crippen LogP contribution in [0.2, 0.25) is 0 Å². The van der Waals surface area contributed by atoms with Gasteiger partial charge in [-0.1, -0.05) is 0 Å². The Kier molecular flexibility index (Phi) is 1110. The molecule has 0 amide bonds. The molecular weight excluding hydrogens is 298 g/mol. The first-order valence-electron chi connectivity index (χ1n) is 0. The minimum absolute atomic E-state index is 0. The first-order chi connectivity index (χ1) is 0. The van der Waals surface area contributed by atoms with E-state index in [0.717, 1.165) is 0 Å². The fourth-order valence-electron chi connectivity index (χ4n) is 0. The first-order valence-corrected chi connectivity index (χ1v) is 0. The summed E-state index contributed by atoms with van der Waals surface area (Å²) in [4.78, 5) is 0. The maximum absolute atomic E-state index is 0. The van der Waals surface area contributed by atoms with Gasteiger partial charge in [0.2, 0.25) is 0 Å². The van der Waals surface area contributed by atoms with Crippen molar-refractivity contribution in [2.24, 2.45) is 0 Å². The van der Waals surface area contributed by atoms with Crippen molar-refractivity contribution >= 4 is 0 Å². The van der Waals surface area contributed by atoms with E-state index in [1.54, 1.807) is 0 Å². The average molecular weight is 298 g/mol. The van der Waals surface area contributed by atoms with E-state index in [0.29, 0.717) is 0 Å². The van der Waals surface area contributed by atoms with Gasteiger partial charge in [-0.25, -0.2) is 0 Å².